The molecule has 2 aromatic heterocycles. The molecule has 0 aliphatic carbocycles. The van der Waals surface area contributed by atoms with Gasteiger partial charge in [-0.05, 0) is 93.4 Å². The molecule has 9 rings (SSSR count). The van der Waals surface area contributed by atoms with E-state index in [-0.39, 0.29) is 24.5 Å². The van der Waals surface area contributed by atoms with Crippen LogP contribution in [-0.4, -0.2) is 91.1 Å². The summed E-state index contributed by atoms with van der Waals surface area (Å²) < 4.78 is 50.7. The van der Waals surface area contributed by atoms with E-state index in [2.05, 4.69) is 48.2 Å². The summed E-state index contributed by atoms with van der Waals surface area (Å²) in [6.45, 7) is 14.2. The number of aromatic nitrogens is 4. The number of halogens is 3. The van der Waals surface area contributed by atoms with Gasteiger partial charge in [-0.1, -0.05) is 29.8 Å². The lowest BCUT2D eigenvalue weighted by Crippen LogP contribution is -2.41. The van der Waals surface area contributed by atoms with Crippen LogP contribution in [0.3, 0.4) is 0 Å². The Morgan fingerprint density at radius 1 is 0.710 bits per heavy atom. The van der Waals surface area contributed by atoms with E-state index in [0.29, 0.717) is 21.9 Å². The van der Waals surface area contributed by atoms with Crippen molar-refractivity contribution in [1.29, 1.82) is 10.5 Å². The van der Waals surface area contributed by atoms with Crippen molar-refractivity contribution in [2.24, 2.45) is 0 Å². The second-order valence-corrected chi connectivity index (χ2v) is 16.3. The number of morpholine rings is 2. The molecule has 0 radical (unpaired) electrons. The van der Waals surface area contributed by atoms with Gasteiger partial charge in [-0.3, -0.25) is 0 Å². The van der Waals surface area contributed by atoms with E-state index in [1.165, 1.54) is 18.5 Å². The maximum Gasteiger partial charge on any atom is 0.497 e. The molecule has 0 bridgehead atoms. The summed E-state index contributed by atoms with van der Waals surface area (Å²) in [4.78, 5) is 12.8. The zero-order valence-electron chi connectivity index (χ0n) is 35.1. The molecule has 3 fully saturated rings. The fourth-order valence-electron chi connectivity index (χ4n) is 7.22. The van der Waals surface area contributed by atoms with Crippen molar-refractivity contribution in [2.45, 2.75) is 51.7 Å². The molecule has 5 heterocycles. The Morgan fingerprint density at radius 2 is 1.27 bits per heavy atom. The van der Waals surface area contributed by atoms with E-state index in [1.54, 1.807) is 30.5 Å². The molecule has 0 amide bonds. The Morgan fingerprint density at radius 3 is 1.89 bits per heavy atom. The average Bonchev–Trinajstić information content (AvgIpc) is 3.51. The van der Waals surface area contributed by atoms with Crippen molar-refractivity contribution >= 4 is 57.2 Å². The van der Waals surface area contributed by atoms with Crippen molar-refractivity contribution in [2.75, 3.05) is 62.4 Å². The third-order valence-electron chi connectivity index (χ3n) is 11.4. The van der Waals surface area contributed by atoms with E-state index in [9.17, 15) is 8.78 Å². The van der Waals surface area contributed by atoms with Gasteiger partial charge in [-0.15, -0.1) is 5.10 Å². The van der Waals surface area contributed by atoms with Gasteiger partial charge in [0.15, 0.2) is 0 Å². The maximum atomic E-state index is 14.4. The van der Waals surface area contributed by atoms with Crippen LogP contribution in [0.15, 0.2) is 85.3 Å². The maximum absolute atomic E-state index is 14.4. The van der Waals surface area contributed by atoms with Crippen LogP contribution in [0.2, 0.25) is 5.15 Å². The van der Waals surface area contributed by atoms with Gasteiger partial charge in [0.25, 0.3) is 0 Å². The van der Waals surface area contributed by atoms with Crippen molar-refractivity contribution < 1.29 is 27.6 Å². The summed E-state index contributed by atoms with van der Waals surface area (Å²) in [5, 5.41) is 29.0. The van der Waals surface area contributed by atoms with Gasteiger partial charge in [0.05, 0.1) is 74.3 Å². The zero-order valence-corrected chi connectivity index (χ0v) is 35.8. The van der Waals surface area contributed by atoms with Gasteiger partial charge in [0, 0.05) is 64.7 Å². The summed E-state index contributed by atoms with van der Waals surface area (Å²) >= 11 is 6.01. The van der Waals surface area contributed by atoms with Crippen LogP contribution in [0.5, 0.6) is 0 Å². The zero-order chi connectivity index (χ0) is 43.9. The van der Waals surface area contributed by atoms with Crippen LogP contribution >= 0.6 is 11.6 Å². The minimum atomic E-state index is -0.733. The first-order valence-corrected chi connectivity index (χ1v) is 20.7. The standard InChI is InChI=1S/C20H17FN4O.C14H17BFNO2.C12H12ClN3O/c21-19-4-1-14(5-6-22)11-18(19)20-17-3-2-16(12-15(17)13-23-24-20)25-7-9-26-10-8-25;1-13(2)14(3,4)19-15(18-13)11-9-10(7-8-17)5-6-12(11)16;13-12-10-2-1-9(7-11(10)14-8-15-12)16-3-5-17-6-4-16/h1-4,11-13H,5,7-10H2;5-6,9H,7H2,1-4H3;1-2,7-8H,3-6H2. The summed E-state index contributed by atoms with van der Waals surface area (Å²) in [7, 11) is -0.733. The normalized spacial score (nSPS) is 16.8. The number of ether oxygens (including phenoxy) is 2. The van der Waals surface area contributed by atoms with Crippen LogP contribution in [0.1, 0.15) is 38.8 Å². The summed E-state index contributed by atoms with van der Waals surface area (Å²) in [6.07, 6.45) is 3.66. The van der Waals surface area contributed by atoms with Gasteiger partial charge < -0.3 is 28.6 Å². The quantitative estimate of drug-likeness (QED) is 0.120. The Labute approximate surface area is 365 Å². The van der Waals surface area contributed by atoms with Crippen molar-refractivity contribution in [3.63, 3.8) is 0 Å². The molecule has 3 aliphatic rings. The van der Waals surface area contributed by atoms with Gasteiger partial charge in [-0.2, -0.15) is 15.6 Å². The highest BCUT2D eigenvalue weighted by molar-refractivity contribution is 6.62. The number of hydrogen-bond acceptors (Lipinski definition) is 12. The lowest BCUT2D eigenvalue weighted by Gasteiger charge is -2.32. The highest BCUT2D eigenvalue weighted by Crippen LogP contribution is 2.37. The second-order valence-electron chi connectivity index (χ2n) is 16.0. The summed E-state index contributed by atoms with van der Waals surface area (Å²) in [5.74, 6) is -0.745. The first kappa shape index (κ1) is 44.3. The van der Waals surface area contributed by atoms with Gasteiger partial charge in [0.1, 0.15) is 28.8 Å². The fourth-order valence-corrected chi connectivity index (χ4v) is 7.43. The first-order valence-electron chi connectivity index (χ1n) is 20.3. The van der Waals surface area contributed by atoms with Gasteiger partial charge in [-0.25, -0.2) is 18.7 Å². The molecule has 0 spiro atoms. The van der Waals surface area contributed by atoms with Crippen molar-refractivity contribution in [3.8, 4) is 23.4 Å². The molecule has 0 unspecified atom stereocenters. The molecule has 12 nitrogen and oxygen atoms in total. The Hall–Kier alpha value is -5.81. The molecule has 3 aliphatic heterocycles. The van der Waals surface area contributed by atoms with E-state index < -0.39 is 18.3 Å². The second kappa shape index (κ2) is 19.5. The third-order valence-corrected chi connectivity index (χ3v) is 11.7. The molecule has 0 saturated carbocycles. The molecule has 16 heteroatoms. The number of hydrogen-bond donors (Lipinski definition) is 0. The molecule has 3 saturated heterocycles. The van der Waals surface area contributed by atoms with E-state index in [1.807, 2.05) is 58.0 Å². The van der Waals surface area contributed by atoms with E-state index in [0.717, 1.165) is 96.8 Å². The SMILES string of the molecule is CC1(C)OB(c2cc(CC#N)ccc2F)OC1(C)C.Clc1ncnc2cc(N3CCOCC3)ccc12.N#CCc1ccc(F)c(-c2nncc3cc(N4CCOCC4)ccc23)c1. The van der Waals surface area contributed by atoms with Crippen LogP contribution < -0.4 is 15.3 Å². The Kier molecular flexibility index (Phi) is 13.9. The van der Waals surface area contributed by atoms with E-state index in [4.69, 9.17) is 40.9 Å². The fraction of sp³-hybridized carbons (Fsp3) is 0.348. The first-order chi connectivity index (χ1) is 29.9. The molecular formula is C46H46BClF2N8O4. The highest BCUT2D eigenvalue weighted by Gasteiger charge is 2.52. The molecule has 318 valence electrons. The summed E-state index contributed by atoms with van der Waals surface area (Å²) in [6, 6.07) is 25.5. The topological polar surface area (TPSA) is 143 Å². The predicted octanol–water partition coefficient (Wildman–Crippen LogP) is 7.65. The molecule has 6 aromatic rings. The summed E-state index contributed by atoms with van der Waals surface area (Å²) in [5.41, 5.74) is 4.86. The minimum absolute atomic E-state index is 0.229. The smallest absolute Gasteiger partial charge is 0.399 e. The monoisotopic (exact) mass is 858 g/mol. The number of fused-ring (bicyclic) bond motifs is 2. The van der Waals surface area contributed by atoms with Crippen LogP contribution in [0.4, 0.5) is 20.2 Å². The van der Waals surface area contributed by atoms with Gasteiger partial charge in [0.2, 0.25) is 0 Å². The average molecular weight is 859 g/mol. The number of anilines is 2. The van der Waals surface area contributed by atoms with Gasteiger partial charge >= 0.3 is 7.12 Å². The lowest BCUT2D eigenvalue weighted by atomic mass is 9.77. The molecule has 62 heavy (non-hydrogen) atoms. The number of nitriles is 2. The molecular weight excluding hydrogens is 813 g/mol. The lowest BCUT2D eigenvalue weighted by molar-refractivity contribution is 0.00578. The number of rotatable bonds is 6. The van der Waals surface area contributed by atoms with Crippen molar-refractivity contribution in [3.05, 3.63) is 113 Å². The molecule has 0 N–H and O–H groups in total. The third kappa shape index (κ3) is 10.1. The number of nitrogens with zero attached hydrogens (tertiary/aromatic N) is 8. The Balaban J connectivity index is 0.000000144. The highest BCUT2D eigenvalue weighted by atomic mass is 35.5. The Bertz CT molecular complexity index is 2610. The van der Waals surface area contributed by atoms with Crippen molar-refractivity contribution in [1.82, 2.24) is 20.2 Å². The molecule has 0 atom stereocenters. The number of benzene rings is 4. The minimum Gasteiger partial charge on any atom is -0.399 e. The van der Waals surface area contributed by atoms with Crippen LogP contribution in [-0.2, 0) is 31.6 Å². The van der Waals surface area contributed by atoms with Crippen LogP contribution in [0, 0.1) is 34.3 Å². The van der Waals surface area contributed by atoms with Crippen LogP contribution in [0.25, 0.3) is 32.9 Å². The molecule has 4 aromatic carbocycles. The van der Waals surface area contributed by atoms with E-state index >= 15 is 0 Å². The predicted molar refractivity (Wildman–Crippen MR) is 236 cm³/mol. The largest absolute Gasteiger partial charge is 0.497 e.